The van der Waals surface area contributed by atoms with Crippen molar-refractivity contribution in [2.24, 2.45) is 5.73 Å². The van der Waals surface area contributed by atoms with Gasteiger partial charge in [-0.25, -0.2) is 8.42 Å². The van der Waals surface area contributed by atoms with Crippen molar-refractivity contribution in [2.45, 2.75) is 11.1 Å². The van der Waals surface area contributed by atoms with E-state index < -0.39 is 34.6 Å². The summed E-state index contributed by atoms with van der Waals surface area (Å²) in [5.41, 5.74) is 5.03. The van der Waals surface area contributed by atoms with Crippen LogP contribution in [0, 0.1) is 0 Å². The fourth-order valence-electron chi connectivity index (χ4n) is 2.21. The molecule has 2 amide bonds. The number of halogens is 3. The highest BCUT2D eigenvalue weighted by atomic mass is 32.2. The van der Waals surface area contributed by atoms with Gasteiger partial charge in [-0.1, -0.05) is 0 Å². The second kappa shape index (κ2) is 8.39. The van der Waals surface area contributed by atoms with Crippen LogP contribution in [0.4, 0.5) is 18.9 Å². The zero-order valence-electron chi connectivity index (χ0n) is 14.9. The maximum absolute atomic E-state index is 12.6. The molecule has 0 fully saturated rings. The van der Waals surface area contributed by atoms with Gasteiger partial charge in [0.05, 0.1) is 17.7 Å². The number of anilines is 1. The third-order valence-electron chi connectivity index (χ3n) is 3.60. The molecule has 12 heteroatoms. The zero-order chi connectivity index (χ0) is 21.8. The van der Waals surface area contributed by atoms with Gasteiger partial charge < -0.3 is 15.8 Å². The van der Waals surface area contributed by atoms with Crippen molar-refractivity contribution in [1.29, 1.82) is 0 Å². The minimum absolute atomic E-state index is 0.0418. The maximum atomic E-state index is 12.6. The Labute approximate surface area is 163 Å². The Morgan fingerprint density at radius 1 is 1.07 bits per heavy atom. The normalized spacial score (nSPS) is 11.6. The average Bonchev–Trinajstić information content (AvgIpc) is 2.65. The molecule has 0 spiro atoms. The number of carbonyl (C=O) groups excluding carboxylic acids is 2. The summed E-state index contributed by atoms with van der Waals surface area (Å²) in [5, 5.41) is 1.68. The summed E-state index contributed by atoms with van der Waals surface area (Å²) in [6.07, 6.45) is -4.57. The largest absolute Gasteiger partial charge is 0.495 e. The first-order valence-electron chi connectivity index (χ1n) is 7.88. The van der Waals surface area contributed by atoms with Crippen LogP contribution in [-0.2, 0) is 10.0 Å². The van der Waals surface area contributed by atoms with Crippen LogP contribution in [0.5, 0.6) is 5.75 Å². The number of nitrogens with one attached hydrogen (secondary N) is 2. The highest BCUT2D eigenvalue weighted by Crippen LogP contribution is 2.28. The molecule has 4 N–H and O–H groups in total. The minimum atomic E-state index is -4.57. The highest BCUT2D eigenvalue weighted by Gasteiger charge is 2.28. The molecule has 2 aromatic carbocycles. The first-order chi connectivity index (χ1) is 13.4. The van der Waals surface area contributed by atoms with E-state index in [9.17, 15) is 31.2 Å². The van der Waals surface area contributed by atoms with Crippen molar-refractivity contribution in [3.05, 3.63) is 53.6 Å². The zero-order valence-corrected chi connectivity index (χ0v) is 15.7. The Hall–Kier alpha value is -3.28. The van der Waals surface area contributed by atoms with Crippen LogP contribution in [0.1, 0.15) is 20.7 Å². The number of hydrogen-bond donors (Lipinski definition) is 3. The second-order valence-corrected chi connectivity index (χ2v) is 7.39. The van der Waals surface area contributed by atoms with Gasteiger partial charge in [0, 0.05) is 11.1 Å². The molecular weight excluding hydrogens is 415 g/mol. The standard InChI is InChI=1S/C17H16F3N3O5S/c1-28-14-7-4-11(15(21)24)8-13(14)23-29(26,27)12-5-2-10(3-6-12)16(25)22-9-17(18,19)20/h2-8,23H,9H2,1H3,(H2,21,24)(H,22,25). The van der Waals surface area contributed by atoms with Crippen molar-refractivity contribution >= 4 is 27.5 Å². The van der Waals surface area contributed by atoms with Crippen LogP contribution in [0.2, 0.25) is 0 Å². The molecule has 0 radical (unpaired) electrons. The monoisotopic (exact) mass is 431 g/mol. The summed E-state index contributed by atoms with van der Waals surface area (Å²) >= 11 is 0. The van der Waals surface area contributed by atoms with E-state index in [1.807, 2.05) is 0 Å². The van der Waals surface area contributed by atoms with Gasteiger partial charge in [0.2, 0.25) is 5.91 Å². The van der Waals surface area contributed by atoms with Crippen LogP contribution in [0.3, 0.4) is 0 Å². The predicted molar refractivity (Wildman–Crippen MR) is 97.2 cm³/mol. The summed E-state index contributed by atoms with van der Waals surface area (Å²) in [6, 6.07) is 8.14. The third kappa shape index (κ3) is 5.85. The van der Waals surface area contributed by atoms with E-state index in [-0.39, 0.29) is 27.5 Å². The van der Waals surface area contributed by atoms with Crippen molar-refractivity contribution in [1.82, 2.24) is 5.32 Å². The van der Waals surface area contributed by atoms with E-state index >= 15 is 0 Å². The van der Waals surface area contributed by atoms with Crippen LogP contribution >= 0.6 is 0 Å². The maximum Gasteiger partial charge on any atom is 0.405 e. The number of alkyl halides is 3. The lowest BCUT2D eigenvalue weighted by Crippen LogP contribution is -2.33. The number of hydrogen-bond acceptors (Lipinski definition) is 5. The molecule has 156 valence electrons. The lowest BCUT2D eigenvalue weighted by Gasteiger charge is -2.13. The fourth-order valence-corrected chi connectivity index (χ4v) is 3.27. The molecule has 0 heterocycles. The number of carbonyl (C=O) groups is 2. The number of benzene rings is 2. The number of sulfonamides is 1. The number of rotatable bonds is 7. The molecular formula is C17H16F3N3O5S. The van der Waals surface area contributed by atoms with Crippen molar-refractivity contribution in [3.63, 3.8) is 0 Å². The molecule has 0 aliphatic heterocycles. The van der Waals surface area contributed by atoms with Crippen molar-refractivity contribution in [2.75, 3.05) is 18.4 Å². The van der Waals surface area contributed by atoms with E-state index in [1.54, 1.807) is 5.32 Å². The van der Waals surface area contributed by atoms with Gasteiger partial charge in [-0.05, 0) is 42.5 Å². The van der Waals surface area contributed by atoms with Gasteiger partial charge in [0.25, 0.3) is 15.9 Å². The smallest absolute Gasteiger partial charge is 0.405 e. The van der Waals surface area contributed by atoms with Gasteiger partial charge >= 0.3 is 6.18 Å². The van der Waals surface area contributed by atoms with E-state index in [0.29, 0.717) is 0 Å². The van der Waals surface area contributed by atoms with Gasteiger partial charge in [-0.3, -0.25) is 14.3 Å². The Balaban J connectivity index is 2.23. The Morgan fingerprint density at radius 3 is 2.17 bits per heavy atom. The lowest BCUT2D eigenvalue weighted by atomic mass is 10.2. The number of methoxy groups -OCH3 is 1. The summed E-state index contributed by atoms with van der Waals surface area (Å²) in [7, 11) is -2.86. The fraction of sp³-hybridized carbons (Fsp3) is 0.176. The highest BCUT2D eigenvalue weighted by molar-refractivity contribution is 7.92. The summed E-state index contributed by atoms with van der Waals surface area (Å²) in [4.78, 5) is 22.7. The van der Waals surface area contributed by atoms with Crippen LogP contribution < -0.4 is 20.5 Å². The average molecular weight is 431 g/mol. The van der Waals surface area contributed by atoms with E-state index in [2.05, 4.69) is 4.72 Å². The molecule has 0 saturated carbocycles. The Kier molecular flexibility index (Phi) is 6.37. The SMILES string of the molecule is COc1ccc(C(N)=O)cc1NS(=O)(=O)c1ccc(C(=O)NCC(F)(F)F)cc1. The van der Waals surface area contributed by atoms with Crippen molar-refractivity contribution < 1.29 is 35.9 Å². The second-order valence-electron chi connectivity index (χ2n) is 5.71. The van der Waals surface area contributed by atoms with Gasteiger partial charge in [0.15, 0.2) is 0 Å². The number of amides is 2. The number of ether oxygens (including phenoxy) is 1. The minimum Gasteiger partial charge on any atom is -0.495 e. The molecule has 0 bridgehead atoms. The van der Waals surface area contributed by atoms with Crippen LogP contribution in [0.25, 0.3) is 0 Å². The number of nitrogens with two attached hydrogens (primary N) is 1. The first-order valence-corrected chi connectivity index (χ1v) is 9.37. The molecule has 0 aliphatic rings. The Morgan fingerprint density at radius 2 is 1.66 bits per heavy atom. The Bertz CT molecular complexity index is 1020. The van der Waals surface area contributed by atoms with Crippen molar-refractivity contribution in [3.8, 4) is 5.75 Å². The summed E-state index contributed by atoms with van der Waals surface area (Å²) < 4.78 is 68.9. The molecule has 0 atom stereocenters. The molecule has 0 saturated heterocycles. The third-order valence-corrected chi connectivity index (χ3v) is 4.99. The van der Waals surface area contributed by atoms with Gasteiger partial charge in [-0.2, -0.15) is 13.2 Å². The molecule has 0 aromatic heterocycles. The van der Waals surface area contributed by atoms with E-state index in [1.165, 1.54) is 25.3 Å². The van der Waals surface area contributed by atoms with Gasteiger partial charge in [0.1, 0.15) is 12.3 Å². The van der Waals surface area contributed by atoms with Gasteiger partial charge in [-0.15, -0.1) is 0 Å². The lowest BCUT2D eigenvalue weighted by molar-refractivity contribution is -0.123. The molecule has 2 rings (SSSR count). The summed E-state index contributed by atoms with van der Waals surface area (Å²) in [5.74, 6) is -1.65. The summed E-state index contributed by atoms with van der Waals surface area (Å²) in [6.45, 7) is -1.51. The molecule has 0 aliphatic carbocycles. The molecule has 8 nitrogen and oxygen atoms in total. The molecule has 29 heavy (non-hydrogen) atoms. The van der Waals surface area contributed by atoms with E-state index in [0.717, 1.165) is 24.3 Å². The van der Waals surface area contributed by atoms with Crippen LogP contribution in [0.15, 0.2) is 47.4 Å². The predicted octanol–water partition coefficient (Wildman–Crippen LogP) is 1.89. The number of primary amides is 1. The topological polar surface area (TPSA) is 128 Å². The molecule has 0 unspecified atom stereocenters. The first kappa shape index (κ1) is 22.0. The quantitative estimate of drug-likeness (QED) is 0.617. The van der Waals surface area contributed by atoms with E-state index in [4.69, 9.17) is 10.5 Å². The van der Waals surface area contributed by atoms with Crippen LogP contribution in [-0.4, -0.2) is 40.1 Å². The molecule has 2 aromatic rings.